The van der Waals surface area contributed by atoms with E-state index in [2.05, 4.69) is 35.7 Å². The zero-order chi connectivity index (χ0) is 24.2. The summed E-state index contributed by atoms with van der Waals surface area (Å²) in [6.45, 7) is 1.30. The molecule has 2 N–H and O–H groups in total. The van der Waals surface area contributed by atoms with Crippen molar-refractivity contribution >= 4 is 0 Å². The number of hydrogen-bond acceptors (Lipinski definition) is 4. The van der Waals surface area contributed by atoms with E-state index in [9.17, 15) is 19.2 Å². The van der Waals surface area contributed by atoms with Gasteiger partial charge in [0, 0.05) is 37.6 Å². The SMILES string of the molecule is O=c1ccn(CCCC[C]2[CH][CH][CH][CH]2)c(=O)[nH]1.O=c1ccn(CCCC[C]2[CH][CH][CH][CH]2)c(=O)[nH]1.[Fe+2]. The van der Waals surface area contributed by atoms with Crippen LogP contribution in [-0.2, 0) is 30.2 Å². The quantitative estimate of drug-likeness (QED) is 0.371. The summed E-state index contributed by atoms with van der Waals surface area (Å²) in [5.41, 5.74) is -1.34. The minimum Gasteiger partial charge on any atom is -0.301 e. The standard InChI is InChI=1S/2C13H15N2O2.Fe/c2*16-12-8-10-15(13(17)14-12)9-4-3-7-11-5-1-2-6-11;/h2*1-2,5-6,8,10H,3-4,7,9H2,(H,14,16,17);/q;;+2. The maximum Gasteiger partial charge on any atom is 2.00 e. The van der Waals surface area contributed by atoms with Crippen LogP contribution in [0.25, 0.3) is 0 Å². The molecule has 2 aliphatic rings. The van der Waals surface area contributed by atoms with Crippen LogP contribution >= 0.6 is 0 Å². The molecule has 2 aliphatic carbocycles. The monoisotopic (exact) mass is 518 g/mol. The second-order valence-corrected chi connectivity index (χ2v) is 8.11. The molecule has 35 heavy (non-hydrogen) atoms. The van der Waals surface area contributed by atoms with Crippen molar-refractivity contribution in [2.45, 2.75) is 51.6 Å². The van der Waals surface area contributed by atoms with Gasteiger partial charge in [-0.25, -0.2) is 9.59 Å². The molecule has 0 aliphatic heterocycles. The van der Waals surface area contributed by atoms with E-state index in [1.807, 2.05) is 25.7 Å². The Bertz CT molecular complexity index is 1000. The Labute approximate surface area is 217 Å². The van der Waals surface area contributed by atoms with Gasteiger partial charge < -0.3 is 9.13 Å². The Morgan fingerprint density at radius 2 is 0.943 bits per heavy atom. The van der Waals surface area contributed by atoms with Crippen LogP contribution < -0.4 is 22.5 Å². The number of unbranched alkanes of at least 4 members (excludes halogenated alkanes) is 2. The number of aryl methyl sites for hydroxylation is 2. The summed E-state index contributed by atoms with van der Waals surface area (Å²) in [6.07, 6.45) is 25.6. The third kappa shape index (κ3) is 10.6. The van der Waals surface area contributed by atoms with Gasteiger partial charge >= 0.3 is 28.4 Å². The number of hydrogen-bond donors (Lipinski definition) is 2. The normalized spacial score (nSPS) is 16.0. The molecule has 0 bridgehead atoms. The molecule has 184 valence electrons. The maximum absolute atomic E-state index is 11.4. The van der Waals surface area contributed by atoms with Crippen molar-refractivity contribution in [3.05, 3.63) is 129 Å². The molecule has 2 fully saturated rings. The molecule has 0 saturated heterocycles. The summed E-state index contributed by atoms with van der Waals surface area (Å²) in [5, 5.41) is 0. The van der Waals surface area contributed by atoms with Gasteiger partial charge in [-0.1, -0.05) is 12.8 Å². The van der Waals surface area contributed by atoms with Crippen molar-refractivity contribution in [1.82, 2.24) is 19.1 Å². The number of nitrogens with one attached hydrogen (secondary N) is 2. The van der Waals surface area contributed by atoms with Crippen molar-refractivity contribution in [3.8, 4) is 0 Å². The van der Waals surface area contributed by atoms with Crippen LogP contribution in [0.2, 0.25) is 0 Å². The van der Waals surface area contributed by atoms with Gasteiger partial charge in [-0.3, -0.25) is 19.6 Å². The Kier molecular flexibility index (Phi) is 13.1. The van der Waals surface area contributed by atoms with Crippen LogP contribution in [0.3, 0.4) is 0 Å². The first-order valence-corrected chi connectivity index (χ1v) is 11.5. The van der Waals surface area contributed by atoms with Gasteiger partial charge in [0.2, 0.25) is 0 Å². The van der Waals surface area contributed by atoms with Crippen LogP contribution in [0.4, 0.5) is 0 Å². The molecule has 2 heterocycles. The van der Waals surface area contributed by atoms with Gasteiger partial charge in [-0.15, -0.1) is 0 Å². The molecule has 2 aromatic heterocycles. The average Bonchev–Trinajstić information content (AvgIpc) is 3.52. The summed E-state index contributed by atoms with van der Waals surface area (Å²) in [7, 11) is 0. The molecule has 2 aromatic rings. The largest absolute Gasteiger partial charge is 2.00 e. The molecule has 10 radical (unpaired) electrons. The van der Waals surface area contributed by atoms with E-state index in [1.54, 1.807) is 12.4 Å². The number of aromatic nitrogens is 4. The number of aromatic amines is 2. The van der Waals surface area contributed by atoms with Gasteiger partial charge in [0.05, 0.1) is 0 Å². The van der Waals surface area contributed by atoms with E-state index in [0.717, 1.165) is 38.5 Å². The van der Waals surface area contributed by atoms with Crippen molar-refractivity contribution in [2.24, 2.45) is 0 Å². The van der Waals surface area contributed by atoms with Crippen molar-refractivity contribution < 1.29 is 17.1 Å². The zero-order valence-electron chi connectivity index (χ0n) is 19.5. The van der Waals surface area contributed by atoms with Gasteiger partial charge in [-0.05, 0) is 88.9 Å². The molecule has 0 aromatic carbocycles. The minimum absolute atomic E-state index is 0. The molecule has 8 nitrogen and oxygen atoms in total. The summed E-state index contributed by atoms with van der Waals surface area (Å²) < 4.78 is 3.07. The Hall–Kier alpha value is -2.12. The van der Waals surface area contributed by atoms with Crippen LogP contribution in [-0.4, -0.2) is 19.1 Å². The topological polar surface area (TPSA) is 110 Å². The predicted octanol–water partition coefficient (Wildman–Crippen LogP) is 2.22. The van der Waals surface area contributed by atoms with E-state index in [4.69, 9.17) is 0 Å². The van der Waals surface area contributed by atoms with Gasteiger partial charge in [-0.2, -0.15) is 0 Å². The first-order chi connectivity index (χ1) is 16.5. The Balaban J connectivity index is 0.000000240. The van der Waals surface area contributed by atoms with Crippen molar-refractivity contribution in [2.75, 3.05) is 0 Å². The third-order valence-corrected chi connectivity index (χ3v) is 5.49. The zero-order valence-corrected chi connectivity index (χ0v) is 20.6. The molecular formula is C26H30FeN4O4+2. The van der Waals surface area contributed by atoms with Crippen LogP contribution in [0.5, 0.6) is 0 Å². The summed E-state index contributed by atoms with van der Waals surface area (Å²) in [5.74, 6) is 2.66. The molecule has 9 heteroatoms. The van der Waals surface area contributed by atoms with Gasteiger partial charge in [0.25, 0.3) is 11.1 Å². The first kappa shape index (κ1) is 29.1. The second-order valence-electron chi connectivity index (χ2n) is 8.11. The molecule has 0 unspecified atom stereocenters. The molecule has 0 atom stereocenters. The third-order valence-electron chi connectivity index (χ3n) is 5.49. The molecule has 0 spiro atoms. The fourth-order valence-electron chi connectivity index (χ4n) is 3.62. The van der Waals surface area contributed by atoms with Crippen LogP contribution in [0.1, 0.15) is 38.5 Å². The van der Waals surface area contributed by atoms with Crippen molar-refractivity contribution in [1.29, 1.82) is 0 Å². The van der Waals surface area contributed by atoms with Crippen LogP contribution in [0, 0.1) is 63.2 Å². The number of rotatable bonds is 10. The molecule has 2 saturated carbocycles. The van der Waals surface area contributed by atoms with Gasteiger partial charge in [0.1, 0.15) is 0 Å². The average molecular weight is 518 g/mol. The molecule has 0 amide bonds. The first-order valence-electron chi connectivity index (χ1n) is 11.5. The van der Waals surface area contributed by atoms with E-state index in [-0.39, 0.29) is 39.6 Å². The van der Waals surface area contributed by atoms with Crippen molar-refractivity contribution in [3.63, 3.8) is 0 Å². The Morgan fingerprint density at radius 3 is 1.29 bits per heavy atom. The molecule has 4 rings (SSSR count). The summed E-state index contributed by atoms with van der Waals surface area (Å²) in [6, 6.07) is 2.75. The second kappa shape index (κ2) is 15.8. The number of H-pyrrole nitrogens is 2. The predicted molar refractivity (Wildman–Crippen MR) is 131 cm³/mol. The summed E-state index contributed by atoms with van der Waals surface area (Å²) >= 11 is 0. The minimum atomic E-state index is -0.344. The van der Waals surface area contributed by atoms with E-state index >= 15 is 0 Å². The summed E-state index contributed by atoms with van der Waals surface area (Å²) in [4.78, 5) is 48.9. The van der Waals surface area contributed by atoms with E-state index in [0.29, 0.717) is 13.1 Å². The number of nitrogens with zero attached hydrogens (tertiary/aromatic N) is 2. The molecular weight excluding hydrogens is 488 g/mol. The van der Waals surface area contributed by atoms with E-state index < -0.39 is 0 Å². The fourth-order valence-corrected chi connectivity index (χ4v) is 3.62. The smallest absolute Gasteiger partial charge is 0.301 e. The van der Waals surface area contributed by atoms with E-state index in [1.165, 1.54) is 33.1 Å². The fraction of sp³-hybridized carbons (Fsp3) is 0.308. The van der Waals surface area contributed by atoms with Gasteiger partial charge in [0.15, 0.2) is 0 Å². The van der Waals surface area contributed by atoms with Crippen LogP contribution in [0.15, 0.2) is 43.7 Å². The Morgan fingerprint density at radius 1 is 0.571 bits per heavy atom. The maximum atomic E-state index is 11.4.